The first-order valence-electron chi connectivity index (χ1n) is 8.13. The van der Waals surface area contributed by atoms with Gasteiger partial charge < -0.3 is 11.1 Å². The number of nitrogens with two attached hydrogens (primary N) is 1. The maximum absolute atomic E-state index is 12.4. The fourth-order valence-corrected chi connectivity index (χ4v) is 4.04. The number of sulfonamides is 1. The van der Waals surface area contributed by atoms with Crippen LogP contribution in [0.3, 0.4) is 0 Å². The van der Waals surface area contributed by atoms with Gasteiger partial charge in [-0.3, -0.25) is 4.79 Å². The Kier molecular flexibility index (Phi) is 6.67. The Morgan fingerprint density at radius 3 is 2.08 bits per heavy atom. The van der Waals surface area contributed by atoms with Crippen LogP contribution in [0.4, 0.5) is 0 Å². The first-order valence-corrected chi connectivity index (χ1v) is 9.62. The summed E-state index contributed by atoms with van der Waals surface area (Å²) in [5.41, 5.74) is 5.26. The molecule has 0 bridgehead atoms. The van der Waals surface area contributed by atoms with Crippen LogP contribution in [0.15, 0.2) is 29.2 Å². The summed E-state index contributed by atoms with van der Waals surface area (Å²) in [4.78, 5) is 12.5. The molecule has 1 amide bonds. The summed E-state index contributed by atoms with van der Waals surface area (Å²) < 4.78 is 27.1. The van der Waals surface area contributed by atoms with Gasteiger partial charge in [0.05, 0.1) is 10.4 Å². The molecule has 4 N–H and O–H groups in total. The van der Waals surface area contributed by atoms with Gasteiger partial charge in [-0.25, -0.2) is 13.1 Å². The van der Waals surface area contributed by atoms with Crippen LogP contribution in [0.2, 0.25) is 0 Å². The summed E-state index contributed by atoms with van der Waals surface area (Å²) in [6.45, 7) is 7.66. The van der Waals surface area contributed by atoms with Gasteiger partial charge in [0.2, 0.25) is 10.0 Å². The number of carbonyl (C=O) groups is 1. The van der Waals surface area contributed by atoms with Crippen LogP contribution in [-0.2, 0) is 10.0 Å². The first-order chi connectivity index (χ1) is 11.0. The molecule has 8 heteroatoms. The second-order valence-electron chi connectivity index (χ2n) is 7.73. The minimum atomic E-state index is -3.61. The molecular formula is C17H28ClN3O3S. The van der Waals surface area contributed by atoms with Gasteiger partial charge in [-0.1, -0.05) is 0 Å². The van der Waals surface area contributed by atoms with Gasteiger partial charge in [0.1, 0.15) is 0 Å². The van der Waals surface area contributed by atoms with E-state index in [1.807, 2.05) is 6.92 Å². The van der Waals surface area contributed by atoms with Gasteiger partial charge in [-0.05, 0) is 70.7 Å². The van der Waals surface area contributed by atoms with Crippen molar-refractivity contribution in [2.75, 3.05) is 6.54 Å². The van der Waals surface area contributed by atoms with Crippen molar-refractivity contribution < 1.29 is 13.2 Å². The van der Waals surface area contributed by atoms with E-state index in [1.165, 1.54) is 24.3 Å². The standard InChI is InChI=1S/C17H27N3O3S.ClH/c1-16(2,3)20-24(22,23)14-9-5-12(6-10-14)15(21)19-17(4,11-18)13-7-8-13;/h5-6,9-10,13,20H,7-8,11,18H2,1-4H3,(H,19,21);1H. The predicted octanol–water partition coefficient (Wildman–Crippen LogP) is 2.04. The lowest BCUT2D eigenvalue weighted by Gasteiger charge is -2.29. The third-order valence-electron chi connectivity index (χ3n) is 4.17. The molecule has 0 aromatic heterocycles. The molecule has 1 unspecified atom stereocenters. The highest BCUT2D eigenvalue weighted by molar-refractivity contribution is 7.89. The Labute approximate surface area is 156 Å². The minimum Gasteiger partial charge on any atom is -0.345 e. The molecule has 142 valence electrons. The van der Waals surface area contributed by atoms with Crippen LogP contribution in [0.25, 0.3) is 0 Å². The summed E-state index contributed by atoms with van der Waals surface area (Å²) in [5, 5.41) is 2.99. The number of halogens is 1. The van der Waals surface area contributed by atoms with E-state index in [0.29, 0.717) is 18.0 Å². The van der Waals surface area contributed by atoms with Crippen molar-refractivity contribution >= 4 is 28.3 Å². The van der Waals surface area contributed by atoms with Crippen LogP contribution < -0.4 is 15.8 Å². The van der Waals surface area contributed by atoms with Gasteiger partial charge in [-0.15, -0.1) is 12.4 Å². The van der Waals surface area contributed by atoms with Crippen LogP contribution in [0, 0.1) is 5.92 Å². The average Bonchev–Trinajstić information content (AvgIpc) is 3.29. The minimum absolute atomic E-state index is 0. The molecule has 1 aliphatic rings. The SMILES string of the molecule is CC(C)(C)NS(=O)(=O)c1ccc(C(=O)NC(C)(CN)C2CC2)cc1.Cl. The van der Waals surface area contributed by atoms with Crippen molar-refractivity contribution in [3.8, 4) is 0 Å². The zero-order valence-electron chi connectivity index (χ0n) is 15.1. The fraction of sp³-hybridized carbons (Fsp3) is 0.588. The molecule has 0 spiro atoms. The van der Waals surface area contributed by atoms with E-state index in [4.69, 9.17) is 5.73 Å². The number of amides is 1. The van der Waals surface area contributed by atoms with Gasteiger partial charge in [0.15, 0.2) is 0 Å². The molecule has 2 rings (SSSR count). The number of benzene rings is 1. The smallest absolute Gasteiger partial charge is 0.251 e. The Bertz CT molecular complexity index is 710. The van der Waals surface area contributed by atoms with Crippen molar-refractivity contribution in [3.05, 3.63) is 29.8 Å². The largest absolute Gasteiger partial charge is 0.345 e. The van der Waals surface area contributed by atoms with Crippen LogP contribution >= 0.6 is 12.4 Å². The topological polar surface area (TPSA) is 101 Å². The second-order valence-corrected chi connectivity index (χ2v) is 9.41. The van der Waals surface area contributed by atoms with E-state index in [2.05, 4.69) is 10.0 Å². The van der Waals surface area contributed by atoms with Crippen molar-refractivity contribution in [1.29, 1.82) is 0 Å². The van der Waals surface area contributed by atoms with E-state index in [0.717, 1.165) is 12.8 Å². The molecule has 6 nitrogen and oxygen atoms in total. The van der Waals surface area contributed by atoms with Crippen LogP contribution in [0.1, 0.15) is 50.9 Å². The van der Waals surface area contributed by atoms with E-state index in [1.54, 1.807) is 20.8 Å². The van der Waals surface area contributed by atoms with Crippen molar-refractivity contribution in [1.82, 2.24) is 10.0 Å². The monoisotopic (exact) mass is 389 g/mol. The molecule has 1 aliphatic carbocycles. The van der Waals surface area contributed by atoms with Crippen molar-refractivity contribution in [2.45, 2.75) is 56.5 Å². The number of nitrogens with one attached hydrogen (secondary N) is 2. The molecule has 0 radical (unpaired) electrons. The fourth-order valence-electron chi connectivity index (χ4n) is 2.62. The maximum Gasteiger partial charge on any atom is 0.251 e. The van der Waals surface area contributed by atoms with E-state index in [9.17, 15) is 13.2 Å². The Morgan fingerprint density at radius 2 is 1.68 bits per heavy atom. The Balaban J connectivity index is 0.00000312. The highest BCUT2D eigenvalue weighted by Gasteiger charge is 2.41. The molecule has 1 fully saturated rings. The van der Waals surface area contributed by atoms with Crippen LogP contribution in [0.5, 0.6) is 0 Å². The van der Waals surface area contributed by atoms with Gasteiger partial charge in [0.25, 0.3) is 5.91 Å². The molecule has 0 aliphatic heterocycles. The highest BCUT2D eigenvalue weighted by Crippen LogP contribution is 2.39. The highest BCUT2D eigenvalue weighted by atomic mass is 35.5. The van der Waals surface area contributed by atoms with Crippen molar-refractivity contribution in [2.24, 2.45) is 11.7 Å². The molecular weight excluding hydrogens is 362 g/mol. The van der Waals surface area contributed by atoms with Crippen LogP contribution in [-0.4, -0.2) is 31.9 Å². The zero-order chi connectivity index (χ0) is 18.2. The van der Waals surface area contributed by atoms with E-state index >= 15 is 0 Å². The molecule has 0 saturated heterocycles. The van der Waals surface area contributed by atoms with Gasteiger partial charge >= 0.3 is 0 Å². The summed E-state index contributed by atoms with van der Waals surface area (Å²) in [6.07, 6.45) is 2.15. The summed E-state index contributed by atoms with van der Waals surface area (Å²) >= 11 is 0. The first kappa shape index (κ1) is 21.9. The molecule has 1 aromatic rings. The Hall–Kier alpha value is -1.15. The quantitative estimate of drug-likeness (QED) is 0.692. The summed E-state index contributed by atoms with van der Waals surface area (Å²) in [6, 6.07) is 5.94. The van der Waals surface area contributed by atoms with E-state index < -0.39 is 21.1 Å². The number of hydrogen-bond donors (Lipinski definition) is 3. The molecule has 1 atom stereocenters. The Morgan fingerprint density at radius 1 is 1.16 bits per heavy atom. The number of carbonyl (C=O) groups excluding carboxylic acids is 1. The lowest BCUT2D eigenvalue weighted by atomic mass is 9.95. The van der Waals surface area contributed by atoms with E-state index in [-0.39, 0.29) is 23.2 Å². The second kappa shape index (κ2) is 7.61. The average molecular weight is 390 g/mol. The third kappa shape index (κ3) is 5.67. The third-order valence-corrected chi connectivity index (χ3v) is 5.94. The molecule has 1 saturated carbocycles. The molecule has 25 heavy (non-hydrogen) atoms. The van der Waals surface area contributed by atoms with Gasteiger partial charge in [-0.2, -0.15) is 0 Å². The maximum atomic E-state index is 12.4. The summed E-state index contributed by atoms with van der Waals surface area (Å²) in [5.74, 6) is 0.185. The zero-order valence-corrected chi connectivity index (χ0v) is 16.8. The number of rotatable bonds is 6. The lowest BCUT2D eigenvalue weighted by molar-refractivity contribution is 0.0897. The van der Waals surface area contributed by atoms with Crippen molar-refractivity contribution in [3.63, 3.8) is 0 Å². The summed E-state index contributed by atoms with van der Waals surface area (Å²) in [7, 11) is -3.61. The molecule has 1 aromatic carbocycles. The lowest BCUT2D eigenvalue weighted by Crippen LogP contribution is -2.53. The predicted molar refractivity (Wildman–Crippen MR) is 101 cm³/mol. The molecule has 0 heterocycles. The normalized spacial score (nSPS) is 17.3. The number of hydrogen-bond acceptors (Lipinski definition) is 4. The van der Waals surface area contributed by atoms with Gasteiger partial charge in [0, 0.05) is 17.6 Å².